The largest absolute Gasteiger partial charge is 0.367 e. The Hall–Kier alpha value is -3.13. The summed E-state index contributed by atoms with van der Waals surface area (Å²) < 4.78 is 0. The number of amides is 2. The summed E-state index contributed by atoms with van der Waals surface area (Å²) in [5, 5.41) is 13.3. The van der Waals surface area contributed by atoms with E-state index in [1.165, 1.54) is 23.8 Å². The maximum atomic E-state index is 12.6. The lowest BCUT2D eigenvalue weighted by atomic mass is 10.0. The second kappa shape index (κ2) is 8.26. The first kappa shape index (κ1) is 19.6. The topological polar surface area (TPSA) is 92.6 Å². The van der Waals surface area contributed by atoms with Crippen LogP contribution in [-0.2, 0) is 4.79 Å². The molecule has 0 unspecified atom stereocenters. The van der Waals surface area contributed by atoms with Gasteiger partial charge >= 0.3 is 0 Å². The van der Waals surface area contributed by atoms with Gasteiger partial charge in [0.2, 0.25) is 0 Å². The lowest BCUT2D eigenvalue weighted by molar-refractivity contribution is -0.384. The van der Waals surface area contributed by atoms with Gasteiger partial charge in [-0.3, -0.25) is 24.6 Å². The van der Waals surface area contributed by atoms with E-state index in [9.17, 15) is 19.7 Å². The van der Waals surface area contributed by atoms with E-state index in [4.69, 9.17) is 0 Å². The Bertz CT molecular complexity index is 954. The van der Waals surface area contributed by atoms with E-state index in [1.54, 1.807) is 12.1 Å². The average molecular weight is 397 g/mol. The number of hydrogen-bond acceptors (Lipinski definition) is 6. The maximum Gasteiger partial charge on any atom is 0.295 e. The van der Waals surface area contributed by atoms with Crippen molar-refractivity contribution in [3.05, 3.63) is 74.7 Å². The van der Waals surface area contributed by atoms with Gasteiger partial charge in [0.25, 0.3) is 16.8 Å². The molecule has 0 atom stereocenters. The SMILES string of the molecule is CC(C)c1ccc(/C=C2/SC(=O)N(CNc3cccc([N+](=O)[O-])c3)C2=O)cc1. The predicted octanol–water partition coefficient (Wildman–Crippen LogP) is 4.82. The number of thioether (sulfide) groups is 1. The molecule has 1 saturated heterocycles. The molecular formula is C20H19N3O4S. The van der Waals surface area contributed by atoms with Crippen LogP contribution in [-0.4, -0.2) is 27.6 Å². The van der Waals surface area contributed by atoms with Crippen LogP contribution < -0.4 is 5.32 Å². The number of nitro groups is 1. The summed E-state index contributed by atoms with van der Waals surface area (Å²) in [6.45, 7) is 4.15. The summed E-state index contributed by atoms with van der Waals surface area (Å²) in [7, 11) is 0. The van der Waals surface area contributed by atoms with Crippen molar-refractivity contribution in [3.8, 4) is 0 Å². The Labute approximate surface area is 166 Å². The standard InChI is InChI=1S/C20H19N3O4S/c1-13(2)15-8-6-14(7-9-15)10-18-19(24)22(20(25)28-18)12-21-16-4-3-5-17(11-16)23(26)27/h3-11,13,21H,12H2,1-2H3/b18-10+. The Balaban J connectivity index is 1.69. The molecule has 144 valence electrons. The number of imide groups is 1. The molecule has 0 aliphatic carbocycles. The van der Waals surface area contributed by atoms with E-state index < -0.39 is 4.92 Å². The number of non-ortho nitro benzene ring substituents is 1. The zero-order valence-electron chi connectivity index (χ0n) is 15.4. The van der Waals surface area contributed by atoms with Gasteiger partial charge < -0.3 is 5.32 Å². The number of carbonyl (C=O) groups excluding carboxylic acids is 2. The average Bonchev–Trinajstić information content (AvgIpc) is 2.93. The molecule has 0 spiro atoms. The molecule has 1 aliphatic heterocycles. The van der Waals surface area contributed by atoms with Crippen LogP contribution in [0.15, 0.2) is 53.4 Å². The maximum absolute atomic E-state index is 12.6. The molecule has 28 heavy (non-hydrogen) atoms. The third-order valence-corrected chi connectivity index (χ3v) is 5.18. The molecule has 2 aromatic rings. The minimum Gasteiger partial charge on any atom is -0.367 e. The first-order valence-corrected chi connectivity index (χ1v) is 9.50. The Kier molecular flexibility index (Phi) is 5.79. The van der Waals surface area contributed by atoms with Crippen molar-refractivity contribution < 1.29 is 14.5 Å². The second-order valence-electron chi connectivity index (χ2n) is 6.57. The van der Waals surface area contributed by atoms with Crippen LogP contribution in [0.1, 0.15) is 30.9 Å². The number of rotatable bonds is 6. The third kappa shape index (κ3) is 4.40. The molecule has 0 radical (unpaired) electrons. The summed E-state index contributed by atoms with van der Waals surface area (Å²) in [6, 6.07) is 13.8. The number of nitrogens with zero attached hydrogens (tertiary/aromatic N) is 2. The van der Waals surface area contributed by atoms with Gasteiger partial charge in [-0.15, -0.1) is 0 Å². The highest BCUT2D eigenvalue weighted by Crippen LogP contribution is 2.32. The molecule has 2 aromatic carbocycles. The highest BCUT2D eigenvalue weighted by atomic mass is 32.2. The molecule has 7 nitrogen and oxygen atoms in total. The van der Waals surface area contributed by atoms with Gasteiger partial charge in [-0.25, -0.2) is 0 Å². The second-order valence-corrected chi connectivity index (χ2v) is 7.57. The van der Waals surface area contributed by atoms with Gasteiger partial charge in [0.05, 0.1) is 16.5 Å². The van der Waals surface area contributed by atoms with Crippen LogP contribution in [0.2, 0.25) is 0 Å². The van der Waals surface area contributed by atoms with Crippen LogP contribution in [0.5, 0.6) is 0 Å². The summed E-state index contributed by atoms with van der Waals surface area (Å²) in [5.74, 6) is 0.0296. The lowest BCUT2D eigenvalue weighted by Crippen LogP contribution is -2.33. The number of nitro benzene ring substituents is 1. The Morgan fingerprint density at radius 1 is 1.18 bits per heavy atom. The zero-order chi connectivity index (χ0) is 20.3. The molecule has 1 heterocycles. The Morgan fingerprint density at radius 2 is 1.89 bits per heavy atom. The Morgan fingerprint density at radius 3 is 2.54 bits per heavy atom. The predicted molar refractivity (Wildman–Crippen MR) is 110 cm³/mol. The molecule has 1 aliphatic rings. The molecular weight excluding hydrogens is 378 g/mol. The normalized spacial score (nSPS) is 15.5. The van der Waals surface area contributed by atoms with Gasteiger partial charge in [-0.05, 0) is 40.9 Å². The number of nitrogens with one attached hydrogen (secondary N) is 1. The van der Waals surface area contributed by atoms with E-state index >= 15 is 0 Å². The molecule has 0 bridgehead atoms. The van der Waals surface area contributed by atoms with Gasteiger partial charge in [0.15, 0.2) is 0 Å². The van der Waals surface area contributed by atoms with Crippen LogP contribution in [0, 0.1) is 10.1 Å². The first-order chi connectivity index (χ1) is 13.3. The molecule has 8 heteroatoms. The number of benzene rings is 2. The molecule has 0 saturated carbocycles. The summed E-state index contributed by atoms with van der Waals surface area (Å²) >= 11 is 0.881. The zero-order valence-corrected chi connectivity index (χ0v) is 16.2. The molecule has 1 fully saturated rings. The van der Waals surface area contributed by atoms with Gasteiger partial charge in [0, 0.05) is 17.8 Å². The van der Waals surface area contributed by atoms with E-state index in [0.29, 0.717) is 16.5 Å². The van der Waals surface area contributed by atoms with Crippen molar-refractivity contribution in [2.24, 2.45) is 0 Å². The fourth-order valence-corrected chi connectivity index (χ4v) is 3.50. The van der Waals surface area contributed by atoms with Crippen LogP contribution in [0.25, 0.3) is 6.08 Å². The quantitative estimate of drug-likeness (QED) is 0.427. The number of carbonyl (C=O) groups is 2. The summed E-state index contributed by atoms with van der Waals surface area (Å²) in [4.78, 5) is 36.5. The fraction of sp³-hybridized carbons (Fsp3) is 0.200. The molecule has 3 rings (SSSR count). The lowest BCUT2D eigenvalue weighted by Gasteiger charge is -2.14. The van der Waals surface area contributed by atoms with Crippen molar-refractivity contribution in [1.29, 1.82) is 0 Å². The number of anilines is 1. The van der Waals surface area contributed by atoms with Crippen molar-refractivity contribution in [1.82, 2.24) is 4.90 Å². The minimum absolute atomic E-state index is 0.0601. The number of hydrogen-bond donors (Lipinski definition) is 1. The van der Waals surface area contributed by atoms with E-state index in [1.807, 2.05) is 24.3 Å². The van der Waals surface area contributed by atoms with E-state index in [2.05, 4.69) is 19.2 Å². The summed E-state index contributed by atoms with van der Waals surface area (Å²) in [6.07, 6.45) is 1.70. The highest BCUT2D eigenvalue weighted by Gasteiger charge is 2.34. The van der Waals surface area contributed by atoms with Crippen LogP contribution in [0.4, 0.5) is 16.2 Å². The van der Waals surface area contributed by atoms with E-state index in [-0.39, 0.29) is 23.5 Å². The molecule has 0 aromatic heterocycles. The van der Waals surface area contributed by atoms with Gasteiger partial charge in [-0.2, -0.15) is 0 Å². The van der Waals surface area contributed by atoms with Crippen LogP contribution >= 0.6 is 11.8 Å². The third-order valence-electron chi connectivity index (χ3n) is 4.27. The molecule has 2 amide bonds. The minimum atomic E-state index is -0.501. The smallest absolute Gasteiger partial charge is 0.295 e. The molecule has 1 N–H and O–H groups in total. The van der Waals surface area contributed by atoms with Crippen molar-refractivity contribution in [2.45, 2.75) is 19.8 Å². The highest BCUT2D eigenvalue weighted by molar-refractivity contribution is 8.18. The van der Waals surface area contributed by atoms with Crippen molar-refractivity contribution in [2.75, 3.05) is 12.0 Å². The van der Waals surface area contributed by atoms with Crippen LogP contribution in [0.3, 0.4) is 0 Å². The monoisotopic (exact) mass is 397 g/mol. The van der Waals surface area contributed by atoms with Crippen molar-refractivity contribution >= 4 is 40.4 Å². The van der Waals surface area contributed by atoms with E-state index in [0.717, 1.165) is 22.2 Å². The van der Waals surface area contributed by atoms with Gasteiger partial charge in [-0.1, -0.05) is 44.2 Å². The van der Waals surface area contributed by atoms with Gasteiger partial charge in [0.1, 0.15) is 0 Å². The first-order valence-electron chi connectivity index (χ1n) is 8.69. The van der Waals surface area contributed by atoms with Crippen molar-refractivity contribution in [3.63, 3.8) is 0 Å². The fourth-order valence-electron chi connectivity index (χ4n) is 2.66. The summed E-state index contributed by atoms with van der Waals surface area (Å²) in [5.41, 5.74) is 2.44.